The summed E-state index contributed by atoms with van der Waals surface area (Å²) < 4.78 is 0. The average Bonchev–Trinajstić information content (AvgIpc) is 2.32. The van der Waals surface area contributed by atoms with Gasteiger partial charge in [0.15, 0.2) is 0 Å². The van der Waals surface area contributed by atoms with Crippen LogP contribution in [0, 0.1) is 11.3 Å². The van der Waals surface area contributed by atoms with Gasteiger partial charge in [0, 0.05) is 0 Å². The van der Waals surface area contributed by atoms with Gasteiger partial charge in [-0.2, -0.15) is 0 Å². The second kappa shape index (κ2) is 3.42. The Labute approximate surface area is 70.7 Å². The Hall–Kier alpha value is -0.260. The summed E-state index contributed by atoms with van der Waals surface area (Å²) in [6, 6.07) is 0. The highest BCUT2D eigenvalue weighted by Gasteiger charge is 2.12. The molecule has 0 aliphatic heterocycles. The van der Waals surface area contributed by atoms with Crippen molar-refractivity contribution in [3.63, 3.8) is 0 Å². The molecule has 0 heterocycles. The molecule has 0 aromatic heterocycles. The normalized spacial score (nSPS) is 21.7. The predicted octanol–water partition coefficient (Wildman–Crippen LogP) is 3.78. The van der Waals surface area contributed by atoms with Gasteiger partial charge in [0.1, 0.15) is 0 Å². The third-order valence-corrected chi connectivity index (χ3v) is 2.27. The van der Waals surface area contributed by atoms with Crippen molar-refractivity contribution in [2.45, 2.75) is 46.5 Å². The van der Waals surface area contributed by atoms with Crippen LogP contribution < -0.4 is 0 Å². The van der Waals surface area contributed by atoms with E-state index in [1.165, 1.54) is 25.7 Å². The van der Waals surface area contributed by atoms with Gasteiger partial charge in [0.2, 0.25) is 0 Å². The molecule has 0 nitrogen and oxygen atoms in total. The van der Waals surface area contributed by atoms with Crippen molar-refractivity contribution < 1.29 is 0 Å². The van der Waals surface area contributed by atoms with Crippen molar-refractivity contribution >= 4 is 0 Å². The van der Waals surface area contributed by atoms with E-state index in [9.17, 15) is 0 Å². The van der Waals surface area contributed by atoms with Gasteiger partial charge in [-0.15, -0.1) is 0 Å². The first kappa shape index (κ1) is 8.83. The molecule has 64 valence electrons. The van der Waals surface area contributed by atoms with Gasteiger partial charge in [-0.05, 0) is 24.2 Å². The zero-order valence-corrected chi connectivity index (χ0v) is 8.06. The third kappa shape index (κ3) is 3.60. The van der Waals surface area contributed by atoms with Crippen molar-refractivity contribution in [3.8, 4) is 0 Å². The van der Waals surface area contributed by atoms with Gasteiger partial charge < -0.3 is 0 Å². The fourth-order valence-electron chi connectivity index (χ4n) is 1.57. The second-order valence-corrected chi connectivity index (χ2v) is 4.77. The minimum absolute atomic E-state index is 0.378. The lowest BCUT2D eigenvalue weighted by Gasteiger charge is -2.12. The molecule has 0 spiro atoms. The molecule has 1 aliphatic rings. The van der Waals surface area contributed by atoms with E-state index in [2.05, 4.69) is 32.9 Å². The van der Waals surface area contributed by atoms with E-state index in [1.54, 1.807) is 0 Å². The summed E-state index contributed by atoms with van der Waals surface area (Å²) in [6.45, 7) is 6.79. The summed E-state index contributed by atoms with van der Waals surface area (Å²) in [6.07, 6.45) is 10.5. The summed E-state index contributed by atoms with van der Waals surface area (Å²) in [4.78, 5) is 0. The van der Waals surface area contributed by atoms with Gasteiger partial charge in [-0.3, -0.25) is 0 Å². The minimum Gasteiger partial charge on any atom is -0.0849 e. The molecule has 0 saturated heterocycles. The molecule has 0 aromatic rings. The standard InChI is InChI=1S/C11H20/c1-11(2,3)9-8-10-6-4-5-7-10/h8-10H,4-7H2,1-3H3/b9-8+. The summed E-state index contributed by atoms with van der Waals surface area (Å²) in [5, 5.41) is 0. The molecular weight excluding hydrogens is 132 g/mol. The van der Waals surface area contributed by atoms with Crippen LogP contribution in [0.15, 0.2) is 12.2 Å². The number of hydrogen-bond donors (Lipinski definition) is 0. The fourth-order valence-corrected chi connectivity index (χ4v) is 1.57. The largest absolute Gasteiger partial charge is 0.0849 e. The maximum atomic E-state index is 2.42. The van der Waals surface area contributed by atoms with Crippen LogP contribution in [0.5, 0.6) is 0 Å². The lowest BCUT2D eigenvalue weighted by atomic mass is 9.94. The van der Waals surface area contributed by atoms with Crippen molar-refractivity contribution in [3.05, 3.63) is 12.2 Å². The smallest absolute Gasteiger partial charge is 0.0203 e. The Morgan fingerprint density at radius 1 is 1.09 bits per heavy atom. The Balaban J connectivity index is 2.34. The van der Waals surface area contributed by atoms with E-state index in [-0.39, 0.29) is 0 Å². The zero-order valence-electron chi connectivity index (χ0n) is 8.06. The van der Waals surface area contributed by atoms with Crippen LogP contribution in [0.25, 0.3) is 0 Å². The van der Waals surface area contributed by atoms with Crippen LogP contribution in [0.4, 0.5) is 0 Å². The molecule has 1 aliphatic carbocycles. The molecule has 0 atom stereocenters. The second-order valence-electron chi connectivity index (χ2n) is 4.77. The van der Waals surface area contributed by atoms with Crippen molar-refractivity contribution in [2.75, 3.05) is 0 Å². The van der Waals surface area contributed by atoms with Gasteiger partial charge in [-0.1, -0.05) is 45.8 Å². The number of rotatable bonds is 1. The first-order valence-corrected chi connectivity index (χ1v) is 4.77. The van der Waals surface area contributed by atoms with Crippen LogP contribution in [-0.4, -0.2) is 0 Å². The maximum absolute atomic E-state index is 2.42. The molecule has 1 fully saturated rings. The monoisotopic (exact) mass is 152 g/mol. The average molecular weight is 152 g/mol. The third-order valence-electron chi connectivity index (χ3n) is 2.27. The summed E-state index contributed by atoms with van der Waals surface area (Å²) in [5.74, 6) is 0.897. The maximum Gasteiger partial charge on any atom is -0.0203 e. The van der Waals surface area contributed by atoms with E-state index in [4.69, 9.17) is 0 Å². The highest BCUT2D eigenvalue weighted by Crippen LogP contribution is 2.27. The molecule has 11 heavy (non-hydrogen) atoms. The zero-order chi connectivity index (χ0) is 8.32. The summed E-state index contributed by atoms with van der Waals surface area (Å²) in [5.41, 5.74) is 0.378. The van der Waals surface area contributed by atoms with Crippen LogP contribution >= 0.6 is 0 Å². The Kier molecular flexibility index (Phi) is 2.75. The highest BCUT2D eigenvalue weighted by molar-refractivity contribution is 4.97. The number of hydrogen-bond acceptors (Lipinski definition) is 0. The molecular formula is C11H20. The molecule has 1 rings (SSSR count). The van der Waals surface area contributed by atoms with Crippen LogP contribution in [0.1, 0.15) is 46.5 Å². The van der Waals surface area contributed by atoms with Crippen LogP contribution in [0.3, 0.4) is 0 Å². The van der Waals surface area contributed by atoms with Crippen molar-refractivity contribution in [2.24, 2.45) is 11.3 Å². The molecule has 0 radical (unpaired) electrons. The van der Waals surface area contributed by atoms with Gasteiger partial charge >= 0.3 is 0 Å². The Bertz CT molecular complexity index is 131. The van der Waals surface area contributed by atoms with E-state index in [1.807, 2.05) is 0 Å². The molecule has 0 bridgehead atoms. The lowest BCUT2D eigenvalue weighted by Crippen LogP contribution is -2.00. The van der Waals surface area contributed by atoms with Crippen LogP contribution in [-0.2, 0) is 0 Å². The van der Waals surface area contributed by atoms with Gasteiger partial charge in [0.25, 0.3) is 0 Å². The predicted molar refractivity (Wildman–Crippen MR) is 50.6 cm³/mol. The van der Waals surface area contributed by atoms with Crippen molar-refractivity contribution in [1.29, 1.82) is 0 Å². The lowest BCUT2D eigenvalue weighted by molar-refractivity contribution is 0.534. The van der Waals surface area contributed by atoms with E-state index >= 15 is 0 Å². The molecule has 0 unspecified atom stereocenters. The topological polar surface area (TPSA) is 0 Å². The van der Waals surface area contributed by atoms with E-state index in [0.717, 1.165) is 5.92 Å². The molecule has 1 saturated carbocycles. The SMILES string of the molecule is CC(C)(C)/C=C/C1CCCC1. The Morgan fingerprint density at radius 3 is 2.09 bits per heavy atom. The molecule has 0 amide bonds. The quantitative estimate of drug-likeness (QED) is 0.502. The summed E-state index contributed by atoms with van der Waals surface area (Å²) in [7, 11) is 0. The van der Waals surface area contributed by atoms with Gasteiger partial charge in [0.05, 0.1) is 0 Å². The Morgan fingerprint density at radius 2 is 1.64 bits per heavy atom. The molecule has 0 aromatic carbocycles. The molecule has 0 heteroatoms. The summed E-state index contributed by atoms with van der Waals surface area (Å²) >= 11 is 0. The van der Waals surface area contributed by atoms with Gasteiger partial charge in [-0.25, -0.2) is 0 Å². The highest BCUT2D eigenvalue weighted by atomic mass is 14.2. The number of allylic oxidation sites excluding steroid dienone is 2. The molecule has 0 N–H and O–H groups in total. The minimum atomic E-state index is 0.378. The first-order valence-electron chi connectivity index (χ1n) is 4.77. The fraction of sp³-hybridized carbons (Fsp3) is 0.818. The van der Waals surface area contributed by atoms with Crippen LogP contribution in [0.2, 0.25) is 0 Å². The van der Waals surface area contributed by atoms with E-state index in [0.29, 0.717) is 5.41 Å². The van der Waals surface area contributed by atoms with Crippen molar-refractivity contribution in [1.82, 2.24) is 0 Å². The van der Waals surface area contributed by atoms with E-state index < -0.39 is 0 Å². The first-order chi connectivity index (χ1) is 5.08.